The van der Waals surface area contributed by atoms with Gasteiger partial charge < -0.3 is 54.3 Å². The van der Waals surface area contributed by atoms with Gasteiger partial charge in [0.05, 0.1) is 11.1 Å². The van der Waals surface area contributed by atoms with Crippen molar-refractivity contribution in [2.75, 3.05) is 4.90 Å². The Bertz CT molecular complexity index is 7220. The SMILES string of the molecule is CC(C)(C)C(c1[c-]c(Sc2[c-]c(-c3ncc[n-]3)ccc2)ccc1)(c1ccccn1)C(C)(C)C.CC(C)(c1[c-]c(C(=O)c2[c-]c(-c3ncc[n-]3)ccc2)ccc1)c1ccccn1.CC1(C)c2ccccc2C(c2[c-]c(Oc3[c-]c(-c4ncc[n-]4)ccc3)ccc2)(c2ccccn2)c2ccccc21.CCCCC(CCCC)(c1[c-]c(N(c2[c-]c(-c3ncc[n-]3)ccc2)c2ccccc2)ccc1)c1ccccn1.[Au+3].[Au+3].[Au+3].[Au+3]. The molecule has 0 N–H and O–H groups in total. The van der Waals surface area contributed by atoms with Crippen molar-refractivity contribution in [1.82, 2.24) is 59.8 Å². The Kier molecular flexibility index (Phi) is 36.9. The van der Waals surface area contributed by atoms with E-state index in [0.717, 1.165) is 122 Å². The molecule has 0 unspecified atom stereocenters. The maximum atomic E-state index is 13.1. The quantitative estimate of drug-likeness (QED) is 0.0268. The van der Waals surface area contributed by atoms with E-state index in [1.54, 1.807) is 79.7 Å². The van der Waals surface area contributed by atoms with Crippen LogP contribution < -0.4 is 29.6 Å². The molecular weight excluding hydrogens is 2520 g/mol. The third-order valence-electron chi connectivity index (χ3n) is 26.2. The molecule has 0 amide bonds. The summed E-state index contributed by atoms with van der Waals surface area (Å²) in [6.07, 6.45) is 27.5. The van der Waals surface area contributed by atoms with Gasteiger partial charge in [-0.1, -0.05) is 277 Å². The minimum absolute atomic E-state index is 0. The molecule has 20 rings (SSSR count). The average molecular weight is 2630 g/mol. The molecule has 0 saturated heterocycles. The Morgan fingerprint density at radius 2 is 0.771 bits per heavy atom. The van der Waals surface area contributed by atoms with Gasteiger partial charge in [0.25, 0.3) is 0 Å². The maximum Gasteiger partial charge on any atom is 3.00 e. The Morgan fingerprint density at radius 1 is 0.354 bits per heavy atom. The summed E-state index contributed by atoms with van der Waals surface area (Å²) in [7, 11) is 0. The zero-order valence-electron chi connectivity index (χ0n) is 82.2. The summed E-state index contributed by atoms with van der Waals surface area (Å²) in [5.74, 6) is 3.60. The molecule has 0 saturated carbocycles. The van der Waals surface area contributed by atoms with Gasteiger partial charge in [-0.05, 0) is 112 Å². The van der Waals surface area contributed by atoms with Crippen LogP contribution >= 0.6 is 11.8 Å². The summed E-state index contributed by atoms with van der Waals surface area (Å²) < 4.78 is 6.36. The largest absolute Gasteiger partial charge is 3.00 e. The fourth-order valence-electron chi connectivity index (χ4n) is 19.9. The first kappa shape index (κ1) is 109. The number of carbonyl (C=O) groups excluding carboxylic acids is 1. The maximum absolute atomic E-state index is 13.1. The zero-order chi connectivity index (χ0) is 97.3. The van der Waals surface area contributed by atoms with Gasteiger partial charge >= 0.3 is 89.5 Å². The van der Waals surface area contributed by atoms with Gasteiger partial charge in [-0.25, -0.2) is 0 Å². The van der Waals surface area contributed by atoms with Crippen LogP contribution in [0.5, 0.6) is 11.5 Å². The molecule has 1 aliphatic carbocycles. The molecule has 1 aliphatic rings. The minimum Gasteiger partial charge on any atom is -0.503 e. The number of benzene rings is 11. The molecule has 0 bridgehead atoms. The third kappa shape index (κ3) is 23.5. The van der Waals surface area contributed by atoms with Gasteiger partial charge in [0.2, 0.25) is 0 Å². The molecule has 0 radical (unpaired) electrons. The first-order chi connectivity index (χ1) is 68.0. The molecular formula is C124H109Au4N13O2S. The zero-order valence-corrected chi connectivity index (χ0v) is 91.7. The fraction of sp³-hybridized carbons (Fsp3) is 0.202. The standard InChI is InChI=1S/C36H26N3O.C35H35N4.C29H30N3S.C24H18N3O.4Au/c1-35(2)29-15-3-5-17-31(29)36(33-19-7-8-20-37-33,32-18-6-4-16-30(32)35)26-12-10-14-28(24-26)40-27-13-9-11-25(23-27)34-38-21-22-39-34;1-3-5-21-35(22-6-4-2,33-20-10-11-23-36-33)29-15-13-19-32(27-29)39(30-16-8-7-9-17-30)31-18-12-14-28(26-31)34-37-24-25-38-34;1-27(2,3)29(28(4,5)6,25-15-7-8-16-30-25)22-12-10-14-24(20-22)33-23-13-9-11-21(19-23)26-31-17-18-32-26;1-24(2,21-11-3-4-12-25-21)20-10-6-8-18(16-20)22(28)17-7-5-9-19(15-17)23-26-13-14-27-23;;;;/h3-22H,1-2H3;7-20,23-25H,3-6,21-22H2,1-2H3;7-18H,1-6H3;3-14H,1-2H3;;;;/q4*-3;4*+3. The summed E-state index contributed by atoms with van der Waals surface area (Å²) >= 11 is 1.66. The predicted molar refractivity (Wildman–Crippen MR) is 557 cm³/mol. The number of aromatic nitrogens is 12. The molecule has 0 atom stereocenters. The molecule has 19 aromatic rings. The van der Waals surface area contributed by atoms with E-state index in [2.05, 4.69) is 345 Å². The second kappa shape index (κ2) is 48.9. The fourth-order valence-corrected chi connectivity index (χ4v) is 20.7. The van der Waals surface area contributed by atoms with Crippen LogP contribution in [0.25, 0.3) is 45.6 Å². The molecule has 0 spiro atoms. The van der Waals surface area contributed by atoms with Crippen molar-refractivity contribution in [3.63, 3.8) is 0 Å². The molecule has 11 aromatic carbocycles. The average Bonchev–Trinajstić information content (AvgIpc) is 0.715. The number of ether oxygens (including phenoxy) is 1. The van der Waals surface area contributed by atoms with Crippen molar-refractivity contribution in [3.8, 4) is 57.1 Å². The number of hydrogen-bond acceptors (Lipinski definition) is 12. The van der Waals surface area contributed by atoms with Crippen LogP contribution in [0.3, 0.4) is 0 Å². The van der Waals surface area contributed by atoms with Gasteiger partial charge in [0, 0.05) is 80.7 Å². The number of hydrogen-bond donors (Lipinski definition) is 0. The molecule has 0 fully saturated rings. The van der Waals surface area contributed by atoms with Crippen LogP contribution in [0, 0.1) is 59.4 Å². The number of fused-ring (bicyclic) bond motifs is 2. The van der Waals surface area contributed by atoms with E-state index in [4.69, 9.17) is 19.7 Å². The molecule has 15 nitrogen and oxygen atoms in total. The number of nitrogens with zero attached hydrogens (tertiary/aromatic N) is 13. The number of pyridine rings is 4. The first-order valence-electron chi connectivity index (χ1n) is 47.6. The van der Waals surface area contributed by atoms with E-state index in [-0.39, 0.29) is 128 Å². The van der Waals surface area contributed by atoms with Crippen molar-refractivity contribution in [1.29, 1.82) is 0 Å². The molecule has 20 heteroatoms. The van der Waals surface area contributed by atoms with Crippen LogP contribution in [-0.4, -0.2) is 45.7 Å². The van der Waals surface area contributed by atoms with Crippen LogP contribution in [0.1, 0.15) is 205 Å². The Labute approximate surface area is 914 Å². The van der Waals surface area contributed by atoms with Gasteiger partial charge in [-0.3, -0.25) is 19.9 Å². The van der Waals surface area contributed by atoms with Gasteiger partial charge in [-0.15, -0.1) is 201 Å². The number of para-hydroxylation sites is 1. The molecule has 8 heterocycles. The summed E-state index contributed by atoms with van der Waals surface area (Å²) in [4.78, 5) is 70.9. The van der Waals surface area contributed by atoms with Gasteiger partial charge in [0.15, 0.2) is 0 Å². The van der Waals surface area contributed by atoms with Crippen LogP contribution in [0.4, 0.5) is 17.1 Å². The van der Waals surface area contributed by atoms with Crippen LogP contribution in [0.15, 0.2) is 381 Å². The first-order valence-corrected chi connectivity index (χ1v) is 48.4. The van der Waals surface area contributed by atoms with Crippen molar-refractivity contribution in [3.05, 3.63) is 499 Å². The smallest absolute Gasteiger partial charge is 0.503 e. The minimum atomic E-state index is -0.683. The topological polar surface area (TPSA) is 189 Å². The normalized spacial score (nSPS) is 12.3. The number of carbonyl (C=O) groups is 1. The summed E-state index contributed by atoms with van der Waals surface area (Å²) in [5.41, 5.74) is 18.4. The number of ketones is 1. The van der Waals surface area contributed by atoms with E-state index in [9.17, 15) is 4.79 Å². The summed E-state index contributed by atoms with van der Waals surface area (Å²) in [6, 6.07) is 128. The number of anilines is 3. The molecule has 732 valence electrons. The van der Waals surface area contributed by atoms with E-state index in [1.165, 1.54) is 27.8 Å². The van der Waals surface area contributed by atoms with Crippen LogP contribution in [-0.2, 0) is 117 Å². The molecule has 144 heavy (non-hydrogen) atoms. The molecule has 8 aromatic heterocycles. The second-order valence-corrected chi connectivity index (χ2v) is 38.9. The van der Waals surface area contributed by atoms with E-state index < -0.39 is 5.41 Å². The van der Waals surface area contributed by atoms with E-state index >= 15 is 0 Å². The van der Waals surface area contributed by atoms with Crippen molar-refractivity contribution in [2.24, 2.45) is 10.8 Å². The Hall–Kier alpha value is -12.6. The van der Waals surface area contributed by atoms with Gasteiger partial charge in [0.1, 0.15) is 5.78 Å². The third-order valence-corrected chi connectivity index (χ3v) is 27.1. The second-order valence-electron chi connectivity index (χ2n) is 37.8. The number of unbranched alkanes of at least 4 members (excludes halogenated alkanes) is 2. The Balaban J connectivity index is 0.000000161. The monoisotopic (exact) mass is 2630 g/mol. The summed E-state index contributed by atoms with van der Waals surface area (Å²) in [5, 5.41) is 0. The van der Waals surface area contributed by atoms with Gasteiger partial charge in [-0.2, -0.15) is 71.3 Å². The van der Waals surface area contributed by atoms with E-state index in [0.29, 0.717) is 51.5 Å². The van der Waals surface area contributed by atoms with Crippen LogP contribution in [0.2, 0.25) is 0 Å². The predicted octanol–water partition coefficient (Wildman–Crippen LogP) is 27.8. The summed E-state index contributed by atoms with van der Waals surface area (Å²) in [6.45, 7) is 27.1. The van der Waals surface area contributed by atoms with Crippen molar-refractivity contribution in [2.45, 2.75) is 158 Å². The molecule has 0 aliphatic heterocycles. The number of rotatable bonds is 27. The van der Waals surface area contributed by atoms with Crippen molar-refractivity contribution >= 4 is 34.6 Å². The Morgan fingerprint density at radius 3 is 1.29 bits per heavy atom. The van der Waals surface area contributed by atoms with Crippen molar-refractivity contribution < 1.29 is 99.1 Å². The number of imidazole rings is 4. The van der Waals surface area contributed by atoms with E-state index in [1.807, 2.05) is 140 Å².